The molecule has 2 aliphatic rings. The van der Waals surface area contributed by atoms with Gasteiger partial charge in [0.25, 0.3) is 5.91 Å². The van der Waals surface area contributed by atoms with Crippen LogP contribution in [-0.2, 0) is 28.4 Å². The normalized spacial score (nSPS) is 19.0. The number of aromatic nitrogens is 1. The van der Waals surface area contributed by atoms with Gasteiger partial charge in [-0.1, -0.05) is 18.2 Å². The molecule has 1 unspecified atom stereocenters. The van der Waals surface area contributed by atoms with E-state index in [1.165, 1.54) is 4.90 Å². The first-order chi connectivity index (χ1) is 19.8. The van der Waals surface area contributed by atoms with Crippen LogP contribution in [0.3, 0.4) is 0 Å². The number of H-pyrrole nitrogens is 1. The number of hydrogen-bond donors (Lipinski definition) is 1. The molecule has 1 N–H and O–H groups in total. The number of nitrogens with zero attached hydrogens (tertiary/aromatic N) is 3. The summed E-state index contributed by atoms with van der Waals surface area (Å²) in [5, 5.41) is 0.870. The average molecular weight is 595 g/mol. The lowest BCUT2D eigenvalue weighted by atomic mass is 9.98. The maximum absolute atomic E-state index is 13.6. The summed E-state index contributed by atoms with van der Waals surface area (Å²) in [5.41, 5.74) is -2.17. The zero-order chi connectivity index (χ0) is 30.2. The number of hydrogen-bond acceptors (Lipinski definition) is 4. The fraction of sp³-hybridized carbons (Fsp3) is 0.414. The molecule has 2 aliphatic heterocycles. The van der Waals surface area contributed by atoms with Crippen molar-refractivity contribution < 1.29 is 40.7 Å². The summed E-state index contributed by atoms with van der Waals surface area (Å²) in [6.45, 7) is 1.03. The number of piperidine rings is 1. The number of para-hydroxylation sites is 1. The summed E-state index contributed by atoms with van der Waals surface area (Å²) in [6, 6.07) is 7.66. The first-order valence-electron chi connectivity index (χ1n) is 13.5. The molecule has 13 heteroatoms. The molecule has 2 fully saturated rings. The second-order valence-electron chi connectivity index (χ2n) is 10.7. The van der Waals surface area contributed by atoms with Gasteiger partial charge in [-0.2, -0.15) is 26.3 Å². The number of rotatable bonds is 5. The summed E-state index contributed by atoms with van der Waals surface area (Å²) in [5.74, 6) is -1.04. The zero-order valence-electron chi connectivity index (χ0n) is 22.4. The number of alkyl halides is 6. The first kappa shape index (κ1) is 29.6. The Balaban J connectivity index is 1.43. The standard InChI is InChI=1S/C29H28F6N4O3/c30-28(31,32)20-11-18(12-21(14-20)29(33,34)35)27(42)39-10-9-37(17-26(41)38-7-5-23(40)6-8-38)16-22(39)13-19-15-36-25-4-2-1-3-24(19)25/h1-4,11-12,14-15,22,36H,5-10,13,16-17H2. The van der Waals surface area contributed by atoms with Crippen LogP contribution in [0.2, 0.25) is 0 Å². The molecule has 2 saturated heterocycles. The summed E-state index contributed by atoms with van der Waals surface area (Å²) >= 11 is 0. The van der Waals surface area contributed by atoms with Crippen LogP contribution >= 0.6 is 0 Å². The van der Waals surface area contributed by atoms with Crippen molar-refractivity contribution in [3.05, 3.63) is 70.9 Å². The Hall–Kier alpha value is -3.87. The predicted octanol–water partition coefficient (Wildman–Crippen LogP) is 4.77. The Morgan fingerprint density at radius 2 is 1.52 bits per heavy atom. The summed E-state index contributed by atoms with van der Waals surface area (Å²) in [7, 11) is 0. The zero-order valence-corrected chi connectivity index (χ0v) is 22.4. The van der Waals surface area contributed by atoms with Crippen molar-refractivity contribution in [3.63, 3.8) is 0 Å². The van der Waals surface area contributed by atoms with Gasteiger partial charge in [0.2, 0.25) is 5.91 Å². The minimum Gasteiger partial charge on any atom is -0.361 e. The monoisotopic (exact) mass is 594 g/mol. The minimum absolute atomic E-state index is 0.00207. The van der Waals surface area contributed by atoms with Gasteiger partial charge >= 0.3 is 12.4 Å². The van der Waals surface area contributed by atoms with Crippen molar-refractivity contribution in [1.82, 2.24) is 19.7 Å². The molecule has 0 radical (unpaired) electrons. The van der Waals surface area contributed by atoms with Crippen LogP contribution in [0.4, 0.5) is 26.3 Å². The highest BCUT2D eigenvalue weighted by Gasteiger charge is 2.39. The van der Waals surface area contributed by atoms with E-state index < -0.39 is 41.0 Å². The largest absolute Gasteiger partial charge is 0.416 e. The van der Waals surface area contributed by atoms with Gasteiger partial charge in [-0.05, 0) is 36.2 Å². The number of likely N-dealkylation sites (tertiary alicyclic amines) is 1. The quantitative estimate of drug-likeness (QED) is 0.432. The fourth-order valence-electron chi connectivity index (χ4n) is 5.60. The second kappa shape index (κ2) is 11.4. The SMILES string of the molecule is O=C1CCN(C(=O)CN2CCN(C(=O)c3cc(C(F)(F)F)cc(C(F)(F)F)c3)C(Cc3c[nH]c4ccccc34)C2)CC1. The lowest BCUT2D eigenvalue weighted by molar-refractivity contribution is -0.143. The van der Waals surface area contributed by atoms with E-state index in [1.54, 1.807) is 11.1 Å². The molecule has 42 heavy (non-hydrogen) atoms. The molecule has 3 aromatic rings. The van der Waals surface area contributed by atoms with Crippen LogP contribution in [0.1, 0.15) is 39.9 Å². The molecule has 0 spiro atoms. The molecule has 2 amide bonds. The van der Waals surface area contributed by atoms with Gasteiger partial charge in [0.1, 0.15) is 5.78 Å². The first-order valence-corrected chi connectivity index (χ1v) is 13.5. The van der Waals surface area contributed by atoms with E-state index in [9.17, 15) is 40.7 Å². The van der Waals surface area contributed by atoms with Crippen LogP contribution in [0, 0.1) is 0 Å². The van der Waals surface area contributed by atoms with Crippen LogP contribution in [-0.4, -0.2) is 82.6 Å². The number of Topliss-reactive ketones (excluding diaryl/α,β-unsaturated/α-hetero) is 1. The lowest BCUT2D eigenvalue weighted by Crippen LogP contribution is -2.57. The molecule has 0 aliphatic carbocycles. The fourth-order valence-corrected chi connectivity index (χ4v) is 5.60. The number of fused-ring (bicyclic) bond motifs is 1. The topological polar surface area (TPSA) is 76.7 Å². The highest BCUT2D eigenvalue weighted by molar-refractivity contribution is 5.95. The van der Waals surface area contributed by atoms with Gasteiger partial charge in [-0.3, -0.25) is 19.3 Å². The maximum Gasteiger partial charge on any atom is 0.416 e. The van der Waals surface area contributed by atoms with E-state index in [4.69, 9.17) is 0 Å². The van der Waals surface area contributed by atoms with Crippen LogP contribution in [0.15, 0.2) is 48.7 Å². The summed E-state index contributed by atoms with van der Waals surface area (Å²) in [6.07, 6.45) is -7.59. The highest BCUT2D eigenvalue weighted by atomic mass is 19.4. The predicted molar refractivity (Wildman–Crippen MR) is 141 cm³/mol. The van der Waals surface area contributed by atoms with Gasteiger partial charge in [0, 0.05) is 74.3 Å². The number of ketones is 1. The van der Waals surface area contributed by atoms with Crippen LogP contribution in [0.5, 0.6) is 0 Å². The van der Waals surface area contributed by atoms with Gasteiger partial charge in [-0.15, -0.1) is 0 Å². The number of piperazine rings is 1. The molecule has 1 aromatic heterocycles. The molecule has 3 heterocycles. The Morgan fingerprint density at radius 3 is 2.17 bits per heavy atom. The van der Waals surface area contributed by atoms with Gasteiger partial charge < -0.3 is 14.8 Å². The summed E-state index contributed by atoms with van der Waals surface area (Å²) < 4.78 is 81.1. The number of carbonyl (C=O) groups is 3. The summed E-state index contributed by atoms with van der Waals surface area (Å²) in [4.78, 5) is 46.0. The number of benzene rings is 2. The molecule has 5 rings (SSSR count). The van der Waals surface area contributed by atoms with E-state index in [-0.39, 0.29) is 63.2 Å². The average Bonchev–Trinajstić information content (AvgIpc) is 3.34. The number of halogens is 6. The molecular weight excluding hydrogens is 566 g/mol. The van der Waals surface area contributed by atoms with Gasteiger partial charge in [0.05, 0.1) is 17.7 Å². The molecule has 7 nitrogen and oxygen atoms in total. The van der Waals surface area contributed by atoms with Crippen molar-refractivity contribution in [2.75, 3.05) is 39.3 Å². The van der Waals surface area contributed by atoms with E-state index in [2.05, 4.69) is 4.98 Å². The second-order valence-corrected chi connectivity index (χ2v) is 10.7. The number of nitrogens with one attached hydrogen (secondary N) is 1. The number of amides is 2. The molecule has 1 atom stereocenters. The van der Waals surface area contributed by atoms with E-state index in [0.717, 1.165) is 16.5 Å². The Kier molecular flexibility index (Phi) is 8.06. The van der Waals surface area contributed by atoms with E-state index >= 15 is 0 Å². The van der Waals surface area contributed by atoms with Crippen molar-refractivity contribution in [1.29, 1.82) is 0 Å². The highest BCUT2D eigenvalue weighted by Crippen LogP contribution is 2.37. The Morgan fingerprint density at radius 1 is 0.881 bits per heavy atom. The van der Waals surface area contributed by atoms with E-state index in [1.807, 2.05) is 29.2 Å². The Bertz CT molecular complexity index is 1460. The third-order valence-corrected chi connectivity index (χ3v) is 7.83. The smallest absolute Gasteiger partial charge is 0.361 e. The van der Waals surface area contributed by atoms with Crippen molar-refractivity contribution in [3.8, 4) is 0 Å². The molecule has 0 saturated carbocycles. The Labute approximate surface area is 237 Å². The maximum atomic E-state index is 13.6. The van der Waals surface area contributed by atoms with Crippen molar-refractivity contribution >= 4 is 28.5 Å². The van der Waals surface area contributed by atoms with Crippen molar-refractivity contribution in [2.24, 2.45) is 0 Å². The van der Waals surface area contributed by atoms with Crippen LogP contribution in [0.25, 0.3) is 10.9 Å². The van der Waals surface area contributed by atoms with Crippen LogP contribution < -0.4 is 0 Å². The number of aromatic amines is 1. The lowest BCUT2D eigenvalue weighted by Gasteiger charge is -2.42. The third kappa shape index (κ3) is 6.45. The molecule has 2 aromatic carbocycles. The van der Waals surface area contributed by atoms with Gasteiger partial charge in [-0.25, -0.2) is 0 Å². The third-order valence-electron chi connectivity index (χ3n) is 7.83. The minimum atomic E-state index is -5.09. The van der Waals surface area contributed by atoms with Gasteiger partial charge in [0.15, 0.2) is 0 Å². The van der Waals surface area contributed by atoms with Crippen molar-refractivity contribution in [2.45, 2.75) is 37.7 Å². The molecular formula is C29H28F6N4O3. The number of carbonyl (C=O) groups excluding carboxylic acids is 3. The molecule has 224 valence electrons. The molecule has 0 bridgehead atoms. The van der Waals surface area contributed by atoms with E-state index in [0.29, 0.717) is 25.2 Å².